The van der Waals surface area contributed by atoms with Crippen LogP contribution in [-0.4, -0.2) is 55.5 Å². The van der Waals surface area contributed by atoms with Gasteiger partial charge in [-0.3, -0.25) is 14.4 Å². The predicted molar refractivity (Wildman–Crippen MR) is 148 cm³/mol. The van der Waals surface area contributed by atoms with Crippen LogP contribution in [0.1, 0.15) is 72.3 Å². The summed E-state index contributed by atoms with van der Waals surface area (Å²) in [5.74, 6) is 0.219. The number of esters is 1. The molecule has 1 aliphatic heterocycles. The standard InChI is InChI=1S/C31H41N3O4/c1-38-29(35)19-27-18-28(34(31(27)37)17-5-8-22-6-3-2-4-7-22)21-33-30(36)26-15-13-25(14-16-26)24-11-9-23(20-32)10-12-24/h2-4,6-7,13-16,23-24,27-28H,5,8-12,17-21,32H2,1H3,(H,33,36)/t23-,24+,27-,28-/m0/s1. The van der Waals surface area contributed by atoms with Gasteiger partial charge in [-0.05, 0) is 86.6 Å². The lowest BCUT2D eigenvalue weighted by atomic mass is 9.78. The topological polar surface area (TPSA) is 102 Å². The maximum absolute atomic E-state index is 13.2. The molecule has 0 radical (unpaired) electrons. The molecule has 2 aliphatic rings. The molecule has 1 aliphatic carbocycles. The maximum atomic E-state index is 13.2. The third-order valence-corrected chi connectivity index (χ3v) is 8.30. The smallest absolute Gasteiger partial charge is 0.306 e. The van der Waals surface area contributed by atoms with Gasteiger partial charge in [0, 0.05) is 24.7 Å². The van der Waals surface area contributed by atoms with Gasteiger partial charge in [0.05, 0.1) is 19.4 Å². The number of hydrogen-bond acceptors (Lipinski definition) is 5. The van der Waals surface area contributed by atoms with E-state index in [1.54, 1.807) is 0 Å². The van der Waals surface area contributed by atoms with Gasteiger partial charge in [0.15, 0.2) is 0 Å². The highest BCUT2D eigenvalue weighted by molar-refractivity contribution is 5.94. The summed E-state index contributed by atoms with van der Waals surface area (Å²) in [7, 11) is 1.34. The van der Waals surface area contributed by atoms with E-state index in [1.807, 2.05) is 35.2 Å². The number of aryl methyl sites for hydroxylation is 1. The van der Waals surface area contributed by atoms with Crippen LogP contribution in [0.3, 0.4) is 0 Å². The van der Waals surface area contributed by atoms with Crippen molar-refractivity contribution in [2.45, 2.75) is 63.3 Å². The molecule has 2 atom stereocenters. The molecule has 38 heavy (non-hydrogen) atoms. The average molecular weight is 520 g/mol. The second-order valence-corrected chi connectivity index (χ2v) is 10.8. The van der Waals surface area contributed by atoms with E-state index in [1.165, 1.54) is 31.1 Å². The van der Waals surface area contributed by atoms with Crippen molar-refractivity contribution in [3.05, 3.63) is 71.3 Å². The minimum absolute atomic E-state index is 0.0311. The van der Waals surface area contributed by atoms with Crippen LogP contribution >= 0.6 is 0 Å². The third-order valence-electron chi connectivity index (χ3n) is 8.30. The fourth-order valence-electron chi connectivity index (χ4n) is 5.96. The van der Waals surface area contributed by atoms with Gasteiger partial charge >= 0.3 is 5.97 Å². The number of nitrogens with two attached hydrogens (primary N) is 1. The number of amides is 2. The number of carbonyl (C=O) groups excluding carboxylic acids is 3. The van der Waals surface area contributed by atoms with Crippen LogP contribution in [0.15, 0.2) is 54.6 Å². The second kappa shape index (κ2) is 13.6. The van der Waals surface area contributed by atoms with Gasteiger partial charge < -0.3 is 20.7 Å². The summed E-state index contributed by atoms with van der Waals surface area (Å²) in [5, 5.41) is 3.04. The molecule has 0 aromatic heterocycles. The zero-order valence-electron chi connectivity index (χ0n) is 22.4. The van der Waals surface area contributed by atoms with Gasteiger partial charge in [0.25, 0.3) is 5.91 Å². The first-order chi connectivity index (χ1) is 18.5. The summed E-state index contributed by atoms with van der Waals surface area (Å²) in [6.07, 6.45) is 6.93. The van der Waals surface area contributed by atoms with Gasteiger partial charge in [-0.15, -0.1) is 0 Å². The molecule has 2 fully saturated rings. The van der Waals surface area contributed by atoms with Gasteiger partial charge in [0.2, 0.25) is 5.91 Å². The highest BCUT2D eigenvalue weighted by Crippen LogP contribution is 2.35. The second-order valence-electron chi connectivity index (χ2n) is 10.8. The zero-order valence-corrected chi connectivity index (χ0v) is 22.4. The lowest BCUT2D eigenvalue weighted by molar-refractivity contribution is -0.144. The minimum Gasteiger partial charge on any atom is -0.469 e. The molecule has 0 bridgehead atoms. The Morgan fingerprint density at radius 3 is 2.39 bits per heavy atom. The Labute approximate surface area is 226 Å². The van der Waals surface area contributed by atoms with Crippen molar-refractivity contribution in [3.8, 4) is 0 Å². The fraction of sp³-hybridized carbons (Fsp3) is 0.516. The van der Waals surface area contributed by atoms with E-state index in [2.05, 4.69) is 29.6 Å². The Morgan fingerprint density at radius 1 is 1.03 bits per heavy atom. The van der Waals surface area contributed by atoms with Gasteiger partial charge in [-0.2, -0.15) is 0 Å². The number of likely N-dealkylation sites (tertiary alicyclic amines) is 1. The van der Waals surface area contributed by atoms with Crippen LogP contribution < -0.4 is 11.1 Å². The molecule has 1 saturated heterocycles. The summed E-state index contributed by atoms with van der Waals surface area (Å²) in [6, 6.07) is 18.0. The fourth-order valence-corrected chi connectivity index (χ4v) is 5.96. The van der Waals surface area contributed by atoms with E-state index in [0.717, 1.165) is 32.2 Å². The average Bonchev–Trinajstić information content (AvgIpc) is 3.25. The van der Waals surface area contributed by atoms with Crippen molar-refractivity contribution in [2.75, 3.05) is 26.7 Å². The van der Waals surface area contributed by atoms with Gasteiger partial charge in [0.1, 0.15) is 0 Å². The van der Waals surface area contributed by atoms with Crippen molar-refractivity contribution >= 4 is 17.8 Å². The Bertz CT molecular complexity index is 1060. The normalized spacial score (nSPS) is 23.3. The number of benzene rings is 2. The maximum Gasteiger partial charge on any atom is 0.306 e. The van der Waals surface area contributed by atoms with E-state index in [-0.39, 0.29) is 30.2 Å². The van der Waals surface area contributed by atoms with Crippen molar-refractivity contribution in [3.63, 3.8) is 0 Å². The molecule has 2 aromatic rings. The Kier molecular flexibility index (Phi) is 9.93. The number of nitrogens with one attached hydrogen (secondary N) is 1. The van der Waals surface area contributed by atoms with Crippen molar-refractivity contribution in [1.29, 1.82) is 0 Å². The van der Waals surface area contributed by atoms with Gasteiger partial charge in [-0.1, -0.05) is 42.5 Å². The first kappa shape index (κ1) is 27.8. The first-order valence-corrected chi connectivity index (χ1v) is 14.0. The Morgan fingerprint density at radius 2 is 1.74 bits per heavy atom. The molecule has 2 amide bonds. The van der Waals surface area contributed by atoms with E-state index >= 15 is 0 Å². The van der Waals surface area contributed by atoms with E-state index in [4.69, 9.17) is 10.5 Å². The summed E-state index contributed by atoms with van der Waals surface area (Å²) in [6.45, 7) is 1.72. The van der Waals surface area contributed by atoms with Crippen molar-refractivity contribution in [1.82, 2.24) is 10.2 Å². The molecule has 1 heterocycles. The first-order valence-electron chi connectivity index (χ1n) is 14.0. The number of nitrogens with zero attached hydrogens (tertiary/aromatic N) is 1. The number of ether oxygens (including phenoxy) is 1. The van der Waals surface area contributed by atoms with E-state index in [0.29, 0.717) is 36.9 Å². The van der Waals surface area contributed by atoms with Crippen LogP contribution in [0.25, 0.3) is 0 Å². The van der Waals surface area contributed by atoms with Crippen LogP contribution in [0.4, 0.5) is 0 Å². The largest absolute Gasteiger partial charge is 0.469 e. The van der Waals surface area contributed by atoms with E-state index in [9.17, 15) is 14.4 Å². The van der Waals surface area contributed by atoms with E-state index < -0.39 is 5.92 Å². The molecular formula is C31H41N3O4. The molecule has 0 spiro atoms. The van der Waals surface area contributed by atoms with Gasteiger partial charge in [-0.25, -0.2) is 0 Å². The summed E-state index contributed by atoms with van der Waals surface area (Å²) < 4.78 is 4.81. The predicted octanol–water partition coefficient (Wildman–Crippen LogP) is 4.06. The Hall–Kier alpha value is -3.19. The molecule has 3 N–H and O–H groups in total. The molecule has 2 aromatic carbocycles. The van der Waals surface area contributed by atoms with Crippen molar-refractivity contribution < 1.29 is 19.1 Å². The number of hydrogen-bond donors (Lipinski definition) is 2. The summed E-state index contributed by atoms with van der Waals surface area (Å²) in [4.78, 5) is 39.8. The lowest BCUT2D eigenvalue weighted by Crippen LogP contribution is -2.42. The molecule has 7 nitrogen and oxygen atoms in total. The Balaban J connectivity index is 1.33. The number of carbonyl (C=O) groups is 3. The van der Waals surface area contributed by atoms with Crippen LogP contribution in [0, 0.1) is 11.8 Å². The molecule has 7 heteroatoms. The highest BCUT2D eigenvalue weighted by atomic mass is 16.5. The highest BCUT2D eigenvalue weighted by Gasteiger charge is 2.40. The van der Waals surface area contributed by atoms with Crippen molar-refractivity contribution in [2.24, 2.45) is 17.6 Å². The lowest BCUT2D eigenvalue weighted by Gasteiger charge is -2.28. The summed E-state index contributed by atoms with van der Waals surface area (Å²) in [5.41, 5.74) is 8.96. The summed E-state index contributed by atoms with van der Waals surface area (Å²) >= 11 is 0. The zero-order chi connectivity index (χ0) is 26.9. The van der Waals surface area contributed by atoms with Crippen LogP contribution in [0.2, 0.25) is 0 Å². The quantitative estimate of drug-likeness (QED) is 0.436. The van der Waals surface area contributed by atoms with Crippen LogP contribution in [-0.2, 0) is 20.7 Å². The monoisotopic (exact) mass is 519 g/mol. The third kappa shape index (κ3) is 7.22. The molecule has 204 valence electrons. The number of methoxy groups -OCH3 is 1. The van der Waals surface area contributed by atoms with Crippen LogP contribution in [0.5, 0.6) is 0 Å². The number of rotatable bonds is 11. The molecule has 4 rings (SSSR count). The molecule has 1 saturated carbocycles. The molecular weight excluding hydrogens is 478 g/mol. The minimum atomic E-state index is -0.408. The SMILES string of the molecule is COC(=O)C[C@@H]1C[C@@H](CNC(=O)c2ccc([C@H]3CC[C@@H](CN)CC3)cc2)N(CCCc2ccccc2)C1=O. The molecule has 0 unspecified atom stereocenters.